The molecule has 4 heterocycles. The van der Waals surface area contributed by atoms with Crippen LogP contribution in [0.5, 0.6) is 0 Å². The van der Waals surface area contributed by atoms with E-state index >= 15 is 0 Å². The Labute approximate surface area is 144 Å². The van der Waals surface area contributed by atoms with Gasteiger partial charge in [0.2, 0.25) is 0 Å². The summed E-state index contributed by atoms with van der Waals surface area (Å²) in [5, 5.41) is 15.3. The van der Waals surface area contributed by atoms with Crippen LogP contribution in [0.15, 0.2) is 49.3 Å². The molecule has 0 radical (unpaired) electrons. The molecular formula is C17H20N8. The number of fused-ring (bicyclic) bond motifs is 2. The fourth-order valence-electron chi connectivity index (χ4n) is 2.85. The summed E-state index contributed by atoms with van der Waals surface area (Å²) >= 11 is 0. The second-order valence-electron chi connectivity index (χ2n) is 5.93. The molecule has 0 aliphatic carbocycles. The number of rotatable bonds is 7. The third-order valence-corrected chi connectivity index (χ3v) is 4.36. The summed E-state index contributed by atoms with van der Waals surface area (Å²) in [6.07, 6.45) is 8.01. The highest BCUT2D eigenvalue weighted by Crippen LogP contribution is 2.16. The average Bonchev–Trinajstić information content (AvgIpc) is 3.31. The van der Waals surface area contributed by atoms with Gasteiger partial charge in [-0.25, -0.2) is 19.0 Å². The lowest BCUT2D eigenvalue weighted by Gasteiger charge is -2.17. The molecule has 4 aromatic heterocycles. The van der Waals surface area contributed by atoms with E-state index in [4.69, 9.17) is 0 Å². The Morgan fingerprint density at radius 3 is 1.88 bits per heavy atom. The Balaban J connectivity index is 1.41. The van der Waals surface area contributed by atoms with Crippen molar-refractivity contribution in [2.24, 2.45) is 5.92 Å². The topological polar surface area (TPSA) is 84.4 Å². The Kier molecular flexibility index (Phi) is 4.16. The summed E-state index contributed by atoms with van der Waals surface area (Å²) in [5.41, 5.74) is 1.96. The zero-order valence-electron chi connectivity index (χ0n) is 14.0. The van der Waals surface area contributed by atoms with E-state index in [-0.39, 0.29) is 0 Å². The van der Waals surface area contributed by atoms with Crippen LogP contribution in [0.2, 0.25) is 0 Å². The first-order valence-electron chi connectivity index (χ1n) is 8.39. The van der Waals surface area contributed by atoms with Crippen molar-refractivity contribution in [1.29, 1.82) is 0 Å². The molecule has 0 atom stereocenters. The van der Waals surface area contributed by atoms with E-state index in [1.54, 1.807) is 12.7 Å². The van der Waals surface area contributed by atoms with E-state index in [1.807, 2.05) is 45.7 Å². The Hall–Kier alpha value is -3.16. The van der Waals surface area contributed by atoms with E-state index in [0.717, 1.165) is 42.2 Å². The summed E-state index contributed by atoms with van der Waals surface area (Å²) in [4.78, 5) is 8.70. The molecule has 0 spiro atoms. The molecule has 4 aromatic rings. The van der Waals surface area contributed by atoms with Crippen molar-refractivity contribution in [2.45, 2.75) is 13.3 Å². The minimum atomic E-state index is 0.440. The van der Waals surface area contributed by atoms with E-state index in [1.165, 1.54) is 0 Å². The monoisotopic (exact) mass is 336 g/mol. The summed E-state index contributed by atoms with van der Waals surface area (Å²) in [7, 11) is 0. The van der Waals surface area contributed by atoms with Crippen molar-refractivity contribution in [3.63, 3.8) is 0 Å². The lowest BCUT2D eigenvalue weighted by Crippen LogP contribution is -2.23. The number of nitrogens with zero attached hydrogens (tertiary/aromatic N) is 6. The van der Waals surface area contributed by atoms with Gasteiger partial charge in [0.05, 0.1) is 0 Å². The smallest absolute Gasteiger partial charge is 0.153 e. The molecule has 0 saturated heterocycles. The van der Waals surface area contributed by atoms with Gasteiger partial charge in [0.1, 0.15) is 23.7 Å². The maximum absolute atomic E-state index is 4.35. The van der Waals surface area contributed by atoms with Crippen molar-refractivity contribution in [3.8, 4) is 0 Å². The second-order valence-corrected chi connectivity index (χ2v) is 5.93. The van der Waals surface area contributed by atoms with Crippen LogP contribution in [-0.4, -0.2) is 42.3 Å². The fraction of sp³-hybridized carbons (Fsp3) is 0.294. The molecule has 0 aliphatic heterocycles. The molecule has 0 bridgehead atoms. The number of anilines is 2. The Morgan fingerprint density at radius 1 is 0.880 bits per heavy atom. The predicted octanol–water partition coefficient (Wildman–Crippen LogP) is 2.32. The molecule has 0 fully saturated rings. The van der Waals surface area contributed by atoms with Gasteiger partial charge in [0, 0.05) is 25.5 Å². The molecule has 0 saturated carbocycles. The third-order valence-electron chi connectivity index (χ3n) is 4.36. The molecule has 4 rings (SSSR count). The van der Waals surface area contributed by atoms with Crippen molar-refractivity contribution < 1.29 is 0 Å². The average molecular weight is 336 g/mol. The standard InChI is InChI=1S/C17H20N8/c1-2-13(9-18-16-14-5-3-7-24(14)22-11-20-16)10-19-17-15-6-4-8-25(15)23-12-21-17/h3-8,11-13H,2,9-10H2,1H3,(H,18,20,22)(H,19,21,23). The zero-order valence-corrected chi connectivity index (χ0v) is 14.0. The maximum atomic E-state index is 4.35. The molecule has 128 valence electrons. The van der Waals surface area contributed by atoms with Crippen molar-refractivity contribution in [1.82, 2.24) is 29.2 Å². The first-order chi connectivity index (χ1) is 12.3. The molecule has 25 heavy (non-hydrogen) atoms. The van der Waals surface area contributed by atoms with E-state index in [9.17, 15) is 0 Å². The highest BCUT2D eigenvalue weighted by Gasteiger charge is 2.10. The lowest BCUT2D eigenvalue weighted by atomic mass is 10.1. The fourth-order valence-corrected chi connectivity index (χ4v) is 2.85. The van der Waals surface area contributed by atoms with Crippen LogP contribution >= 0.6 is 0 Å². The molecule has 2 N–H and O–H groups in total. The minimum Gasteiger partial charge on any atom is -0.368 e. The van der Waals surface area contributed by atoms with Crippen molar-refractivity contribution >= 4 is 22.7 Å². The van der Waals surface area contributed by atoms with Gasteiger partial charge < -0.3 is 10.6 Å². The molecule has 0 amide bonds. The molecular weight excluding hydrogens is 316 g/mol. The molecule has 8 heteroatoms. The van der Waals surface area contributed by atoms with E-state index in [2.05, 4.69) is 37.7 Å². The largest absolute Gasteiger partial charge is 0.368 e. The van der Waals surface area contributed by atoms with Crippen LogP contribution in [0, 0.1) is 5.92 Å². The summed E-state index contributed by atoms with van der Waals surface area (Å²) < 4.78 is 3.64. The number of nitrogens with one attached hydrogen (secondary N) is 2. The van der Waals surface area contributed by atoms with Crippen LogP contribution in [0.3, 0.4) is 0 Å². The van der Waals surface area contributed by atoms with Crippen LogP contribution < -0.4 is 10.6 Å². The van der Waals surface area contributed by atoms with Gasteiger partial charge in [-0.3, -0.25) is 0 Å². The van der Waals surface area contributed by atoms with Gasteiger partial charge in [0.25, 0.3) is 0 Å². The van der Waals surface area contributed by atoms with Crippen LogP contribution in [0.25, 0.3) is 11.0 Å². The SMILES string of the molecule is CCC(CNc1ncnn2cccc12)CNc1ncnn2cccc12. The maximum Gasteiger partial charge on any atom is 0.153 e. The normalized spacial score (nSPS) is 11.4. The summed E-state index contributed by atoms with van der Waals surface area (Å²) in [5.74, 6) is 2.15. The Morgan fingerprint density at radius 2 is 1.40 bits per heavy atom. The van der Waals surface area contributed by atoms with Crippen molar-refractivity contribution in [2.75, 3.05) is 23.7 Å². The second kappa shape index (κ2) is 6.76. The van der Waals surface area contributed by atoms with Crippen LogP contribution in [0.4, 0.5) is 11.6 Å². The van der Waals surface area contributed by atoms with E-state index in [0.29, 0.717) is 5.92 Å². The van der Waals surface area contributed by atoms with Gasteiger partial charge in [0.15, 0.2) is 11.6 Å². The zero-order chi connectivity index (χ0) is 17.1. The quantitative estimate of drug-likeness (QED) is 0.539. The third kappa shape index (κ3) is 3.10. The summed E-state index contributed by atoms with van der Waals surface area (Å²) in [6, 6.07) is 7.94. The first kappa shape index (κ1) is 15.4. The minimum absolute atomic E-state index is 0.440. The highest BCUT2D eigenvalue weighted by atomic mass is 15.3. The summed E-state index contributed by atoms with van der Waals surface area (Å²) in [6.45, 7) is 3.83. The van der Waals surface area contributed by atoms with Crippen LogP contribution in [-0.2, 0) is 0 Å². The van der Waals surface area contributed by atoms with Gasteiger partial charge >= 0.3 is 0 Å². The van der Waals surface area contributed by atoms with Gasteiger partial charge in [-0.05, 0) is 36.6 Å². The van der Waals surface area contributed by atoms with Crippen LogP contribution in [0.1, 0.15) is 13.3 Å². The highest BCUT2D eigenvalue weighted by molar-refractivity contribution is 5.67. The number of hydrogen-bond acceptors (Lipinski definition) is 6. The van der Waals surface area contributed by atoms with Gasteiger partial charge in [-0.1, -0.05) is 6.92 Å². The van der Waals surface area contributed by atoms with Crippen molar-refractivity contribution in [3.05, 3.63) is 49.3 Å². The molecule has 0 aliphatic rings. The predicted molar refractivity (Wildman–Crippen MR) is 96.7 cm³/mol. The lowest BCUT2D eigenvalue weighted by molar-refractivity contribution is 0.563. The van der Waals surface area contributed by atoms with Gasteiger partial charge in [-0.15, -0.1) is 0 Å². The molecule has 0 aromatic carbocycles. The number of hydrogen-bond donors (Lipinski definition) is 2. The Bertz CT molecular complexity index is 895. The number of aromatic nitrogens is 6. The molecule has 0 unspecified atom stereocenters. The first-order valence-corrected chi connectivity index (χ1v) is 8.39. The van der Waals surface area contributed by atoms with E-state index < -0.39 is 0 Å². The molecule has 8 nitrogen and oxygen atoms in total. The van der Waals surface area contributed by atoms with Gasteiger partial charge in [-0.2, -0.15) is 10.2 Å².